The smallest absolute Gasteiger partial charge is 0.273 e. The molecule has 6 heterocycles. The van der Waals surface area contributed by atoms with Gasteiger partial charge < -0.3 is 19.8 Å². The quantitative estimate of drug-likeness (QED) is 0.154. The van der Waals surface area contributed by atoms with E-state index >= 15 is 0 Å². The topological polar surface area (TPSA) is 114 Å². The van der Waals surface area contributed by atoms with Crippen molar-refractivity contribution in [1.82, 2.24) is 39.6 Å². The van der Waals surface area contributed by atoms with Crippen molar-refractivity contribution in [2.75, 3.05) is 26.2 Å². The van der Waals surface area contributed by atoms with Crippen molar-refractivity contribution in [1.29, 1.82) is 0 Å². The van der Waals surface area contributed by atoms with Crippen LogP contribution in [0.4, 0.5) is 0 Å². The molecule has 0 saturated carbocycles. The lowest BCUT2D eigenvalue weighted by Gasteiger charge is -2.37. The lowest BCUT2D eigenvalue weighted by atomic mass is 10.00. The average molecular weight is 737 g/mol. The Morgan fingerprint density at radius 3 is 1.76 bits per heavy atom. The number of imidazole rings is 2. The van der Waals surface area contributed by atoms with Crippen molar-refractivity contribution in [3.63, 3.8) is 0 Å². The van der Waals surface area contributed by atoms with Crippen LogP contribution in [0, 0.1) is 0 Å². The number of hydrogen-bond donors (Lipinski definition) is 2. The predicted octanol–water partition coefficient (Wildman–Crippen LogP) is 8.46. The number of aromatic amines is 2. The molecule has 3 aromatic carbocycles. The van der Waals surface area contributed by atoms with Crippen LogP contribution in [-0.2, 0) is 4.79 Å². The van der Waals surface area contributed by atoms with Gasteiger partial charge in [0.05, 0.1) is 41.4 Å². The number of carbonyl (C=O) groups excluding carboxylic acids is 2. The number of nitrogens with zero attached hydrogens (tertiary/aromatic N) is 6. The number of nitrogens with one attached hydrogen (secondary N) is 2. The van der Waals surface area contributed by atoms with Crippen molar-refractivity contribution in [2.24, 2.45) is 0 Å². The number of likely N-dealkylation sites (tertiary alicyclic amines) is 3. The van der Waals surface area contributed by atoms with Crippen molar-refractivity contribution >= 4 is 23.2 Å². The largest absolute Gasteiger partial charge is 0.340 e. The van der Waals surface area contributed by atoms with E-state index in [2.05, 4.69) is 85.4 Å². The fourth-order valence-electron chi connectivity index (χ4n) is 8.54. The normalized spacial score (nSPS) is 19.7. The summed E-state index contributed by atoms with van der Waals surface area (Å²) in [6.45, 7) is 3.37. The highest BCUT2D eigenvalue weighted by Crippen LogP contribution is 2.37. The fraction of sp³-hybridized carbons (Fsp3) is 0.326. The van der Waals surface area contributed by atoms with E-state index in [0.29, 0.717) is 12.2 Å². The molecule has 54 heavy (non-hydrogen) atoms. The van der Waals surface area contributed by atoms with E-state index in [1.54, 1.807) is 10.9 Å². The standard InChI is InChI=1S/C43H44N8O2S/c52-42(36-27-54-28-46-36)50-23-7-11-37(50)40-44-25-34(47-40)31-17-13-29(14-18-31)30-15-19-32(20-16-30)35-26-45-41(48-35)38-12-8-24-51(38)43(53)39(33-9-3-1-4-10-33)49-21-5-2-6-22-49/h1,3-4,9-10,13-20,25-28,37-39H,2,5-8,11-12,21-24H2,(H,44,47)(H,45,48)/t37-,38-,39?/m0/s1. The number of thiazole rings is 1. The van der Waals surface area contributed by atoms with Gasteiger partial charge in [-0.25, -0.2) is 15.0 Å². The van der Waals surface area contributed by atoms with Gasteiger partial charge in [0.1, 0.15) is 23.4 Å². The third-order valence-electron chi connectivity index (χ3n) is 11.4. The van der Waals surface area contributed by atoms with E-state index in [0.717, 1.165) is 109 Å². The minimum absolute atomic E-state index is 0.0345. The van der Waals surface area contributed by atoms with Gasteiger partial charge in [0.15, 0.2) is 0 Å². The minimum Gasteiger partial charge on any atom is -0.340 e. The number of carbonyl (C=O) groups is 2. The maximum Gasteiger partial charge on any atom is 0.273 e. The van der Waals surface area contributed by atoms with Crippen molar-refractivity contribution in [3.8, 4) is 33.6 Å². The van der Waals surface area contributed by atoms with Gasteiger partial charge >= 0.3 is 0 Å². The van der Waals surface area contributed by atoms with Gasteiger partial charge in [-0.15, -0.1) is 11.3 Å². The molecule has 6 aromatic rings. The molecule has 0 aliphatic carbocycles. The van der Waals surface area contributed by atoms with Gasteiger partial charge in [0, 0.05) is 18.5 Å². The number of H-pyrrole nitrogens is 2. The molecule has 3 fully saturated rings. The van der Waals surface area contributed by atoms with Crippen molar-refractivity contribution in [3.05, 3.63) is 125 Å². The molecule has 9 rings (SSSR count). The van der Waals surface area contributed by atoms with Crippen LogP contribution in [0.2, 0.25) is 0 Å². The van der Waals surface area contributed by atoms with Gasteiger partial charge in [-0.05, 0) is 79.4 Å². The number of amides is 2. The molecule has 0 radical (unpaired) electrons. The molecule has 3 aromatic heterocycles. The minimum atomic E-state index is -0.255. The summed E-state index contributed by atoms with van der Waals surface area (Å²) in [5.74, 6) is 1.82. The average Bonchev–Trinajstić information content (AvgIpc) is 4.08. The first kappa shape index (κ1) is 34.4. The van der Waals surface area contributed by atoms with Crippen molar-refractivity contribution < 1.29 is 9.59 Å². The number of rotatable bonds is 9. The third kappa shape index (κ3) is 6.78. The van der Waals surface area contributed by atoms with E-state index < -0.39 is 0 Å². The van der Waals surface area contributed by atoms with Crippen LogP contribution in [0.5, 0.6) is 0 Å². The Hall–Kier alpha value is -5.39. The van der Waals surface area contributed by atoms with Gasteiger partial charge in [-0.1, -0.05) is 85.3 Å². The van der Waals surface area contributed by atoms with Gasteiger partial charge in [0.25, 0.3) is 5.91 Å². The molecule has 3 aliphatic rings. The van der Waals surface area contributed by atoms with Crippen LogP contribution in [0.25, 0.3) is 33.6 Å². The summed E-state index contributed by atoms with van der Waals surface area (Å²) in [6, 6.07) is 26.9. The first-order valence-corrected chi connectivity index (χ1v) is 20.1. The maximum absolute atomic E-state index is 14.3. The SMILES string of the molecule is O=C(c1cscn1)N1CCC[C@H]1c1ncc(-c2ccc(-c3ccc(-c4cnc([C@@H]5CCCN5C(=O)C(c5ccccc5)N5CCCCC5)[nH]4)cc3)cc2)[nH]1. The first-order valence-electron chi connectivity index (χ1n) is 19.2. The molecule has 274 valence electrons. The Morgan fingerprint density at radius 1 is 0.630 bits per heavy atom. The highest BCUT2D eigenvalue weighted by Gasteiger charge is 2.39. The highest BCUT2D eigenvalue weighted by atomic mass is 32.1. The Balaban J connectivity index is 0.871. The van der Waals surface area contributed by atoms with Crippen molar-refractivity contribution in [2.45, 2.75) is 63.1 Å². The molecule has 10 nitrogen and oxygen atoms in total. The zero-order chi connectivity index (χ0) is 36.4. The first-order chi connectivity index (χ1) is 26.6. The van der Waals surface area contributed by atoms with Crippen LogP contribution in [0.3, 0.4) is 0 Å². The van der Waals surface area contributed by atoms with E-state index in [-0.39, 0.29) is 29.9 Å². The summed E-state index contributed by atoms with van der Waals surface area (Å²) in [5.41, 5.74) is 9.49. The Bertz CT molecular complexity index is 2190. The van der Waals surface area contributed by atoms with Crippen LogP contribution >= 0.6 is 11.3 Å². The summed E-state index contributed by atoms with van der Waals surface area (Å²) < 4.78 is 0. The second kappa shape index (κ2) is 15.2. The van der Waals surface area contributed by atoms with Crippen LogP contribution in [-0.4, -0.2) is 77.6 Å². The zero-order valence-electron chi connectivity index (χ0n) is 30.2. The van der Waals surface area contributed by atoms with Gasteiger partial charge in [-0.2, -0.15) is 0 Å². The molecule has 0 bridgehead atoms. The molecule has 0 spiro atoms. The molecule has 3 saturated heterocycles. The fourth-order valence-corrected chi connectivity index (χ4v) is 9.07. The summed E-state index contributed by atoms with van der Waals surface area (Å²) in [7, 11) is 0. The monoisotopic (exact) mass is 736 g/mol. The molecule has 1 unspecified atom stereocenters. The van der Waals surface area contributed by atoms with Crippen LogP contribution in [0.15, 0.2) is 102 Å². The van der Waals surface area contributed by atoms with Crippen LogP contribution < -0.4 is 0 Å². The molecular formula is C43H44N8O2S. The summed E-state index contributed by atoms with van der Waals surface area (Å²) >= 11 is 1.44. The number of piperidine rings is 1. The summed E-state index contributed by atoms with van der Waals surface area (Å²) in [5, 5.41) is 1.81. The Morgan fingerprint density at radius 2 is 1.19 bits per heavy atom. The summed E-state index contributed by atoms with van der Waals surface area (Å²) in [4.78, 5) is 54.5. The second-order valence-electron chi connectivity index (χ2n) is 14.6. The maximum atomic E-state index is 14.3. The second-order valence-corrected chi connectivity index (χ2v) is 15.4. The highest BCUT2D eigenvalue weighted by molar-refractivity contribution is 7.07. The Labute approximate surface area is 319 Å². The Kier molecular flexibility index (Phi) is 9.65. The number of benzene rings is 3. The summed E-state index contributed by atoms with van der Waals surface area (Å²) in [6.07, 6.45) is 11.0. The van der Waals surface area contributed by atoms with Crippen LogP contribution in [0.1, 0.15) is 90.8 Å². The molecule has 3 atom stereocenters. The van der Waals surface area contributed by atoms with Gasteiger partial charge in [0.2, 0.25) is 5.91 Å². The number of aromatic nitrogens is 5. The van der Waals surface area contributed by atoms with E-state index in [1.165, 1.54) is 17.8 Å². The third-order valence-corrected chi connectivity index (χ3v) is 11.9. The zero-order valence-corrected chi connectivity index (χ0v) is 31.0. The molecule has 11 heteroatoms. The van der Waals surface area contributed by atoms with E-state index in [9.17, 15) is 9.59 Å². The van der Waals surface area contributed by atoms with E-state index in [4.69, 9.17) is 9.97 Å². The lowest BCUT2D eigenvalue weighted by molar-refractivity contribution is -0.139. The molecule has 2 amide bonds. The lowest BCUT2D eigenvalue weighted by Crippen LogP contribution is -2.44. The predicted molar refractivity (Wildman–Crippen MR) is 210 cm³/mol. The molecule has 3 aliphatic heterocycles. The number of hydrogen-bond acceptors (Lipinski definition) is 7. The van der Waals surface area contributed by atoms with Gasteiger partial charge in [-0.3, -0.25) is 14.5 Å². The van der Waals surface area contributed by atoms with E-state index in [1.807, 2.05) is 35.5 Å². The molecular weight excluding hydrogens is 693 g/mol. The molecule has 2 N–H and O–H groups in total.